The van der Waals surface area contributed by atoms with Crippen molar-refractivity contribution in [2.45, 2.75) is 6.18 Å². The van der Waals surface area contributed by atoms with E-state index in [0.717, 1.165) is 4.90 Å². The molecule has 7 heteroatoms. The topological polar surface area (TPSA) is 53.1 Å². The molecular formula is C10H11ClF3N3. The smallest absolute Gasteiger partial charge is 0.384 e. The molecule has 0 aromatic heterocycles. The maximum atomic E-state index is 12.3. The molecule has 0 radical (unpaired) electrons. The second-order valence-electron chi connectivity index (χ2n) is 3.52. The summed E-state index contributed by atoms with van der Waals surface area (Å²) in [7, 11) is 1.27. The van der Waals surface area contributed by atoms with Crippen molar-refractivity contribution in [1.82, 2.24) is 0 Å². The van der Waals surface area contributed by atoms with Crippen molar-refractivity contribution >= 4 is 23.1 Å². The van der Waals surface area contributed by atoms with E-state index >= 15 is 0 Å². The van der Waals surface area contributed by atoms with E-state index in [0.29, 0.717) is 0 Å². The summed E-state index contributed by atoms with van der Waals surface area (Å²) in [5.74, 6) is -0.361. The fourth-order valence-corrected chi connectivity index (χ4v) is 1.72. The Morgan fingerprint density at radius 2 is 2.06 bits per heavy atom. The van der Waals surface area contributed by atoms with Gasteiger partial charge < -0.3 is 10.6 Å². The molecule has 0 aliphatic heterocycles. The number of rotatable bonds is 3. The Kier molecular flexibility index (Phi) is 3.87. The molecule has 0 spiro atoms. The highest BCUT2D eigenvalue weighted by Crippen LogP contribution is 2.28. The number of halogens is 4. The molecule has 0 aliphatic rings. The predicted molar refractivity (Wildman–Crippen MR) is 61.8 cm³/mol. The minimum atomic E-state index is -4.33. The van der Waals surface area contributed by atoms with Crippen LogP contribution in [-0.2, 0) is 0 Å². The standard InChI is InChI=1S/C10H11ClF3N3/c1-17(5-10(12,13)14)7-4-2-3-6(11)8(7)9(15)16/h2-4H,5H2,1H3,(H3,15,16). The minimum Gasteiger partial charge on any atom is -0.384 e. The monoisotopic (exact) mass is 265 g/mol. The Labute approximate surface area is 101 Å². The van der Waals surface area contributed by atoms with E-state index in [1.165, 1.54) is 25.2 Å². The maximum absolute atomic E-state index is 12.3. The van der Waals surface area contributed by atoms with E-state index in [-0.39, 0.29) is 22.1 Å². The van der Waals surface area contributed by atoms with Crippen LogP contribution in [0.15, 0.2) is 18.2 Å². The molecule has 0 amide bonds. The van der Waals surface area contributed by atoms with Gasteiger partial charge >= 0.3 is 6.18 Å². The molecule has 1 aromatic rings. The van der Waals surface area contributed by atoms with Crippen molar-refractivity contribution in [2.75, 3.05) is 18.5 Å². The lowest BCUT2D eigenvalue weighted by Gasteiger charge is -2.23. The summed E-state index contributed by atoms with van der Waals surface area (Å²) in [6, 6.07) is 4.43. The van der Waals surface area contributed by atoms with Crippen LogP contribution in [0.4, 0.5) is 18.9 Å². The average Bonchev–Trinajstić information content (AvgIpc) is 2.13. The van der Waals surface area contributed by atoms with Crippen LogP contribution in [0, 0.1) is 5.41 Å². The van der Waals surface area contributed by atoms with Crippen LogP contribution < -0.4 is 10.6 Å². The first-order valence-corrected chi connectivity index (χ1v) is 5.01. The number of hydrogen-bond donors (Lipinski definition) is 2. The van der Waals surface area contributed by atoms with Crippen molar-refractivity contribution < 1.29 is 13.2 Å². The SMILES string of the molecule is CN(CC(F)(F)F)c1cccc(Cl)c1C(=N)N. The zero-order valence-electron chi connectivity index (χ0n) is 8.98. The molecule has 1 aromatic carbocycles. The van der Waals surface area contributed by atoms with Gasteiger partial charge in [-0.25, -0.2) is 0 Å². The van der Waals surface area contributed by atoms with Crippen LogP contribution >= 0.6 is 11.6 Å². The largest absolute Gasteiger partial charge is 0.405 e. The molecule has 94 valence electrons. The summed E-state index contributed by atoms with van der Waals surface area (Å²) < 4.78 is 36.8. The number of alkyl halides is 3. The lowest BCUT2D eigenvalue weighted by Crippen LogP contribution is -2.32. The molecule has 0 atom stereocenters. The van der Waals surface area contributed by atoms with Crippen molar-refractivity contribution in [3.8, 4) is 0 Å². The van der Waals surface area contributed by atoms with Crippen LogP contribution in [0.1, 0.15) is 5.56 Å². The molecule has 0 saturated carbocycles. The number of nitrogen functional groups attached to an aromatic ring is 1. The molecule has 1 rings (SSSR count). The van der Waals surface area contributed by atoms with Gasteiger partial charge in [0, 0.05) is 12.7 Å². The van der Waals surface area contributed by atoms with Gasteiger partial charge in [0.25, 0.3) is 0 Å². The number of nitrogens with zero attached hydrogens (tertiary/aromatic N) is 1. The Morgan fingerprint density at radius 3 is 2.53 bits per heavy atom. The summed E-state index contributed by atoms with van der Waals surface area (Å²) in [5.41, 5.74) is 5.60. The molecule has 3 N–H and O–H groups in total. The molecule has 17 heavy (non-hydrogen) atoms. The lowest BCUT2D eigenvalue weighted by atomic mass is 10.1. The Bertz CT molecular complexity index is 431. The number of hydrogen-bond acceptors (Lipinski definition) is 2. The first-order chi connectivity index (χ1) is 7.72. The molecular weight excluding hydrogens is 255 g/mol. The lowest BCUT2D eigenvalue weighted by molar-refractivity contribution is -0.119. The van der Waals surface area contributed by atoms with Gasteiger partial charge in [-0.2, -0.15) is 13.2 Å². The van der Waals surface area contributed by atoms with E-state index in [2.05, 4.69) is 0 Å². The molecule has 0 aliphatic carbocycles. The minimum absolute atomic E-state index is 0.112. The second kappa shape index (κ2) is 4.83. The van der Waals surface area contributed by atoms with Crippen LogP contribution in [0.5, 0.6) is 0 Å². The number of nitrogens with two attached hydrogens (primary N) is 1. The average molecular weight is 266 g/mol. The summed E-state index contributed by atoms with van der Waals surface area (Å²) in [6.07, 6.45) is -4.33. The third-order valence-corrected chi connectivity index (χ3v) is 2.40. The first kappa shape index (κ1) is 13.6. The zero-order chi connectivity index (χ0) is 13.2. The first-order valence-electron chi connectivity index (χ1n) is 4.63. The van der Waals surface area contributed by atoms with E-state index < -0.39 is 12.7 Å². The van der Waals surface area contributed by atoms with E-state index in [9.17, 15) is 13.2 Å². The van der Waals surface area contributed by atoms with Gasteiger partial charge in [-0.05, 0) is 12.1 Å². The molecule has 0 heterocycles. The van der Waals surface area contributed by atoms with Gasteiger partial charge in [-0.15, -0.1) is 0 Å². The number of benzene rings is 1. The highest BCUT2D eigenvalue weighted by molar-refractivity contribution is 6.34. The van der Waals surface area contributed by atoms with Gasteiger partial charge in [0.05, 0.1) is 10.6 Å². The van der Waals surface area contributed by atoms with Gasteiger partial charge in [0.15, 0.2) is 0 Å². The third kappa shape index (κ3) is 3.52. The van der Waals surface area contributed by atoms with E-state index in [4.69, 9.17) is 22.7 Å². The van der Waals surface area contributed by atoms with Gasteiger partial charge in [-0.1, -0.05) is 17.7 Å². The van der Waals surface area contributed by atoms with Gasteiger partial charge in [0.2, 0.25) is 0 Å². The van der Waals surface area contributed by atoms with Crippen molar-refractivity contribution in [3.63, 3.8) is 0 Å². The maximum Gasteiger partial charge on any atom is 0.405 e. The van der Waals surface area contributed by atoms with Gasteiger partial charge in [0.1, 0.15) is 12.4 Å². The number of amidine groups is 1. The number of nitrogens with one attached hydrogen (secondary N) is 1. The summed E-state index contributed by atoms with van der Waals surface area (Å²) in [4.78, 5) is 0.961. The fraction of sp³-hybridized carbons (Fsp3) is 0.300. The molecule has 0 fully saturated rings. The van der Waals surface area contributed by atoms with Crippen molar-refractivity contribution in [2.24, 2.45) is 5.73 Å². The van der Waals surface area contributed by atoms with Crippen LogP contribution in [-0.4, -0.2) is 25.6 Å². The predicted octanol–water partition coefficient (Wildman–Crippen LogP) is 2.62. The van der Waals surface area contributed by atoms with Gasteiger partial charge in [-0.3, -0.25) is 5.41 Å². The van der Waals surface area contributed by atoms with E-state index in [1.54, 1.807) is 0 Å². The molecule has 0 saturated heterocycles. The van der Waals surface area contributed by atoms with Crippen LogP contribution in [0.3, 0.4) is 0 Å². The molecule has 0 bridgehead atoms. The Balaban J connectivity index is 3.13. The Morgan fingerprint density at radius 1 is 1.47 bits per heavy atom. The molecule has 0 unspecified atom stereocenters. The highest BCUT2D eigenvalue weighted by Gasteiger charge is 2.30. The summed E-state index contributed by atoms with van der Waals surface area (Å²) >= 11 is 5.81. The summed E-state index contributed by atoms with van der Waals surface area (Å²) in [6.45, 7) is -1.13. The quantitative estimate of drug-likeness (QED) is 0.652. The van der Waals surface area contributed by atoms with E-state index in [1.807, 2.05) is 0 Å². The van der Waals surface area contributed by atoms with Crippen molar-refractivity contribution in [3.05, 3.63) is 28.8 Å². The van der Waals surface area contributed by atoms with Crippen LogP contribution in [0.25, 0.3) is 0 Å². The summed E-state index contributed by atoms with van der Waals surface area (Å²) in [5, 5.41) is 7.48. The highest BCUT2D eigenvalue weighted by atomic mass is 35.5. The fourth-order valence-electron chi connectivity index (χ4n) is 1.45. The number of anilines is 1. The zero-order valence-corrected chi connectivity index (χ0v) is 9.73. The normalized spacial score (nSPS) is 11.4. The van der Waals surface area contributed by atoms with Crippen molar-refractivity contribution in [1.29, 1.82) is 5.41 Å². The Hall–Kier alpha value is -1.43. The molecule has 3 nitrogen and oxygen atoms in total. The second-order valence-corrected chi connectivity index (χ2v) is 3.93. The van der Waals surface area contributed by atoms with Crippen LogP contribution in [0.2, 0.25) is 5.02 Å². The third-order valence-electron chi connectivity index (χ3n) is 2.09.